The predicted octanol–water partition coefficient (Wildman–Crippen LogP) is 3.26. The van der Waals surface area contributed by atoms with E-state index in [4.69, 9.17) is 14.2 Å². The number of anilines is 3. The van der Waals surface area contributed by atoms with Gasteiger partial charge in [0.1, 0.15) is 10.6 Å². The van der Waals surface area contributed by atoms with Crippen LogP contribution in [0.1, 0.15) is 10.4 Å². The lowest BCUT2D eigenvalue weighted by atomic mass is 10.1. The number of nitrogens with zero attached hydrogens (tertiary/aromatic N) is 1. The molecule has 1 fully saturated rings. The fraction of sp³-hybridized carbons (Fsp3) is 0.231. The molecule has 37 heavy (non-hydrogen) atoms. The smallest absolute Gasteiger partial charge is 0.340 e. The Labute approximate surface area is 215 Å². The van der Waals surface area contributed by atoms with Crippen molar-refractivity contribution in [3.8, 4) is 5.75 Å². The van der Waals surface area contributed by atoms with E-state index in [0.29, 0.717) is 18.9 Å². The Morgan fingerprint density at radius 3 is 2.38 bits per heavy atom. The minimum Gasteiger partial charge on any atom is -0.495 e. The molecule has 3 aromatic rings. The van der Waals surface area contributed by atoms with Crippen molar-refractivity contribution < 1.29 is 32.2 Å². The molecular weight excluding hydrogens is 498 g/mol. The van der Waals surface area contributed by atoms with E-state index in [1.807, 2.05) is 30.3 Å². The third-order valence-corrected chi connectivity index (χ3v) is 7.49. The molecule has 0 saturated carbocycles. The first-order valence-corrected chi connectivity index (χ1v) is 13.0. The lowest BCUT2D eigenvalue weighted by Crippen LogP contribution is -2.40. The summed E-state index contributed by atoms with van der Waals surface area (Å²) in [7, 11) is -2.50. The van der Waals surface area contributed by atoms with Crippen molar-refractivity contribution in [2.75, 3.05) is 50.7 Å². The van der Waals surface area contributed by atoms with E-state index in [1.54, 1.807) is 24.3 Å². The van der Waals surface area contributed by atoms with Crippen LogP contribution in [0.2, 0.25) is 0 Å². The maximum Gasteiger partial charge on any atom is 0.340 e. The quantitative estimate of drug-likeness (QED) is 0.408. The predicted molar refractivity (Wildman–Crippen MR) is 138 cm³/mol. The Kier molecular flexibility index (Phi) is 8.39. The van der Waals surface area contributed by atoms with Crippen LogP contribution >= 0.6 is 0 Å². The van der Waals surface area contributed by atoms with Crippen LogP contribution in [-0.4, -0.2) is 64.6 Å². The zero-order valence-electron chi connectivity index (χ0n) is 20.2. The van der Waals surface area contributed by atoms with E-state index in [-0.39, 0.29) is 35.0 Å². The van der Waals surface area contributed by atoms with Crippen molar-refractivity contribution in [2.24, 2.45) is 0 Å². The van der Waals surface area contributed by atoms with Gasteiger partial charge in [0.2, 0.25) is 10.0 Å². The van der Waals surface area contributed by atoms with Crippen LogP contribution in [0.3, 0.4) is 0 Å². The molecule has 1 heterocycles. The fourth-order valence-corrected chi connectivity index (χ4v) is 5.32. The number of sulfonamides is 1. The van der Waals surface area contributed by atoms with E-state index in [2.05, 4.69) is 10.6 Å². The minimum atomic E-state index is -3.87. The molecule has 4 rings (SSSR count). The standard InChI is InChI=1S/C26H27N3O7S/c1-34-23-12-11-20(17-24(23)37(32,33)29-13-15-35-16-14-29)28-25(30)18-36-26(31)21-9-5-6-10-22(21)27-19-7-3-2-4-8-19/h2-12,17,27H,13-16,18H2,1H3,(H,28,30). The summed E-state index contributed by atoms with van der Waals surface area (Å²) in [6.45, 7) is 0.480. The second-order valence-corrected chi connectivity index (χ2v) is 9.95. The SMILES string of the molecule is COc1ccc(NC(=O)COC(=O)c2ccccc2Nc2ccccc2)cc1S(=O)(=O)N1CCOCC1. The molecule has 11 heteroatoms. The molecule has 1 aliphatic heterocycles. The molecule has 1 aliphatic rings. The molecular formula is C26H27N3O7S. The highest BCUT2D eigenvalue weighted by Gasteiger charge is 2.29. The monoisotopic (exact) mass is 525 g/mol. The summed E-state index contributed by atoms with van der Waals surface area (Å²) in [5, 5.41) is 5.73. The largest absolute Gasteiger partial charge is 0.495 e. The van der Waals surface area contributed by atoms with Gasteiger partial charge in [-0.25, -0.2) is 13.2 Å². The van der Waals surface area contributed by atoms with E-state index >= 15 is 0 Å². The molecule has 194 valence electrons. The highest BCUT2D eigenvalue weighted by Crippen LogP contribution is 2.30. The summed E-state index contributed by atoms with van der Waals surface area (Å²) in [5.74, 6) is -1.15. The Morgan fingerprint density at radius 2 is 1.65 bits per heavy atom. The molecule has 0 aromatic heterocycles. The second kappa shape index (κ2) is 11.9. The maximum atomic E-state index is 13.1. The van der Waals surface area contributed by atoms with Gasteiger partial charge in [-0.15, -0.1) is 0 Å². The number of methoxy groups -OCH3 is 1. The van der Waals surface area contributed by atoms with Gasteiger partial charge in [-0.2, -0.15) is 4.31 Å². The van der Waals surface area contributed by atoms with Crippen LogP contribution in [-0.2, 0) is 24.3 Å². The average molecular weight is 526 g/mol. The van der Waals surface area contributed by atoms with Crippen LogP contribution in [0.15, 0.2) is 77.7 Å². The zero-order chi connectivity index (χ0) is 26.3. The first-order valence-electron chi connectivity index (χ1n) is 11.5. The summed E-state index contributed by atoms with van der Waals surface area (Å²) in [6, 6.07) is 20.4. The second-order valence-electron chi connectivity index (χ2n) is 8.04. The van der Waals surface area contributed by atoms with Crippen LogP contribution < -0.4 is 15.4 Å². The van der Waals surface area contributed by atoms with Gasteiger partial charge < -0.3 is 24.8 Å². The summed E-state index contributed by atoms with van der Waals surface area (Å²) >= 11 is 0. The number of ether oxygens (including phenoxy) is 3. The van der Waals surface area contributed by atoms with Gasteiger partial charge in [0.05, 0.1) is 31.6 Å². The van der Waals surface area contributed by atoms with Gasteiger partial charge in [-0.3, -0.25) is 4.79 Å². The van der Waals surface area contributed by atoms with Crippen LogP contribution in [0.4, 0.5) is 17.1 Å². The highest BCUT2D eigenvalue weighted by molar-refractivity contribution is 7.89. The number of rotatable bonds is 9. The van der Waals surface area contributed by atoms with Gasteiger partial charge >= 0.3 is 5.97 Å². The summed E-state index contributed by atoms with van der Waals surface area (Å²) in [5.41, 5.74) is 1.82. The Bertz CT molecular complexity index is 1360. The number of benzene rings is 3. The number of hydrogen-bond donors (Lipinski definition) is 2. The van der Waals surface area contributed by atoms with Crippen LogP contribution in [0, 0.1) is 0 Å². The average Bonchev–Trinajstić information content (AvgIpc) is 2.93. The van der Waals surface area contributed by atoms with E-state index in [1.165, 1.54) is 29.6 Å². The van der Waals surface area contributed by atoms with E-state index in [0.717, 1.165) is 5.69 Å². The number of amides is 1. The molecule has 0 atom stereocenters. The lowest BCUT2D eigenvalue weighted by Gasteiger charge is -2.26. The Balaban J connectivity index is 1.42. The van der Waals surface area contributed by atoms with Crippen molar-refractivity contribution in [2.45, 2.75) is 4.90 Å². The molecule has 0 spiro atoms. The molecule has 0 aliphatic carbocycles. The number of morpholine rings is 1. The lowest BCUT2D eigenvalue weighted by molar-refractivity contribution is -0.119. The Hall–Kier alpha value is -3.93. The summed E-state index contributed by atoms with van der Waals surface area (Å²) in [4.78, 5) is 25.2. The Morgan fingerprint density at radius 1 is 0.946 bits per heavy atom. The fourth-order valence-electron chi connectivity index (χ4n) is 3.74. The van der Waals surface area contributed by atoms with Crippen molar-refractivity contribution in [3.63, 3.8) is 0 Å². The van der Waals surface area contributed by atoms with E-state index < -0.39 is 28.5 Å². The first-order chi connectivity index (χ1) is 17.9. The third-order valence-electron chi connectivity index (χ3n) is 5.57. The van der Waals surface area contributed by atoms with Crippen LogP contribution in [0.5, 0.6) is 5.75 Å². The van der Waals surface area contributed by atoms with Gasteiger partial charge in [0.15, 0.2) is 6.61 Å². The maximum absolute atomic E-state index is 13.1. The number of nitrogens with one attached hydrogen (secondary N) is 2. The highest BCUT2D eigenvalue weighted by atomic mass is 32.2. The zero-order valence-corrected chi connectivity index (χ0v) is 21.0. The molecule has 1 amide bonds. The third kappa shape index (κ3) is 6.45. The number of hydrogen-bond acceptors (Lipinski definition) is 8. The molecule has 0 radical (unpaired) electrons. The van der Waals surface area contributed by atoms with Crippen molar-refractivity contribution in [3.05, 3.63) is 78.4 Å². The molecule has 0 bridgehead atoms. The summed E-state index contributed by atoms with van der Waals surface area (Å²) < 4.78 is 43.3. The molecule has 10 nitrogen and oxygen atoms in total. The number of para-hydroxylation sites is 2. The topological polar surface area (TPSA) is 123 Å². The normalized spacial score (nSPS) is 14.0. The number of carbonyl (C=O) groups is 2. The van der Waals surface area contributed by atoms with Crippen molar-refractivity contribution >= 4 is 39.0 Å². The van der Waals surface area contributed by atoms with Crippen molar-refractivity contribution in [1.29, 1.82) is 0 Å². The molecule has 3 aromatic carbocycles. The number of esters is 1. The van der Waals surface area contributed by atoms with Gasteiger partial charge in [-0.05, 0) is 42.5 Å². The van der Waals surface area contributed by atoms with Gasteiger partial charge in [0, 0.05) is 24.5 Å². The molecule has 2 N–H and O–H groups in total. The number of carbonyl (C=O) groups excluding carboxylic acids is 2. The van der Waals surface area contributed by atoms with Crippen LogP contribution in [0.25, 0.3) is 0 Å². The van der Waals surface area contributed by atoms with Gasteiger partial charge in [0.25, 0.3) is 5.91 Å². The van der Waals surface area contributed by atoms with Gasteiger partial charge in [-0.1, -0.05) is 30.3 Å². The summed E-state index contributed by atoms with van der Waals surface area (Å²) in [6.07, 6.45) is 0. The van der Waals surface area contributed by atoms with E-state index in [9.17, 15) is 18.0 Å². The van der Waals surface area contributed by atoms with Crippen molar-refractivity contribution in [1.82, 2.24) is 4.31 Å². The minimum absolute atomic E-state index is 0.0763. The molecule has 1 saturated heterocycles. The molecule has 0 unspecified atom stereocenters. The first kappa shape index (κ1) is 26.1.